The zero-order valence-corrected chi connectivity index (χ0v) is 15.0. The molecule has 0 aliphatic heterocycles. The molecule has 2 heterocycles. The molecule has 0 bridgehead atoms. The number of carbonyl (C=O) groups excluding carboxylic acids is 1. The van der Waals surface area contributed by atoms with Crippen LogP contribution in [0.3, 0.4) is 0 Å². The van der Waals surface area contributed by atoms with E-state index in [0.717, 1.165) is 5.69 Å². The zero-order valence-electron chi connectivity index (χ0n) is 15.0. The topological polar surface area (TPSA) is 130 Å². The summed E-state index contributed by atoms with van der Waals surface area (Å²) in [6.07, 6.45) is 0.235. The maximum Gasteiger partial charge on any atom is 0.273 e. The second-order valence-electron chi connectivity index (χ2n) is 7.05. The number of nitrogens with zero attached hydrogens (tertiary/aromatic N) is 5. The number of hydrogen-bond acceptors (Lipinski definition) is 8. The summed E-state index contributed by atoms with van der Waals surface area (Å²) < 4.78 is 6.54. The van der Waals surface area contributed by atoms with Gasteiger partial charge in [0.2, 0.25) is 0 Å². The van der Waals surface area contributed by atoms with Crippen LogP contribution in [0.2, 0.25) is 0 Å². The molecule has 1 aliphatic carbocycles. The van der Waals surface area contributed by atoms with Gasteiger partial charge in [-0.2, -0.15) is 0 Å². The van der Waals surface area contributed by atoms with Crippen LogP contribution >= 0.6 is 0 Å². The van der Waals surface area contributed by atoms with E-state index in [-0.39, 0.29) is 11.6 Å². The number of amides is 1. The van der Waals surface area contributed by atoms with Crippen molar-refractivity contribution in [2.24, 2.45) is 5.92 Å². The van der Waals surface area contributed by atoms with Crippen molar-refractivity contribution in [2.75, 3.05) is 14.1 Å². The number of rotatable bonds is 6. The minimum absolute atomic E-state index is 0.150. The van der Waals surface area contributed by atoms with E-state index in [0.29, 0.717) is 25.3 Å². The molecule has 3 N–H and O–H groups in total. The summed E-state index contributed by atoms with van der Waals surface area (Å²) >= 11 is 0. The van der Waals surface area contributed by atoms with Gasteiger partial charge in [0, 0.05) is 31.3 Å². The quantitative estimate of drug-likeness (QED) is 0.606. The third-order valence-corrected chi connectivity index (χ3v) is 4.46. The van der Waals surface area contributed by atoms with E-state index in [1.54, 1.807) is 11.6 Å². The van der Waals surface area contributed by atoms with E-state index >= 15 is 0 Å². The fourth-order valence-corrected chi connectivity index (χ4v) is 3.23. The first-order valence-corrected chi connectivity index (χ1v) is 8.47. The van der Waals surface area contributed by atoms with Gasteiger partial charge in [-0.15, -0.1) is 5.10 Å². The highest BCUT2D eigenvalue weighted by Crippen LogP contribution is 2.28. The molecule has 4 unspecified atom stereocenters. The Kier molecular flexibility index (Phi) is 5.35. The van der Waals surface area contributed by atoms with E-state index in [2.05, 4.69) is 20.8 Å². The van der Waals surface area contributed by atoms with Crippen LogP contribution in [0.1, 0.15) is 28.4 Å². The molecule has 0 spiro atoms. The molecule has 1 amide bonds. The van der Waals surface area contributed by atoms with Crippen molar-refractivity contribution in [1.82, 2.24) is 30.4 Å². The fourth-order valence-electron chi connectivity index (χ4n) is 3.23. The monoisotopic (exact) mass is 364 g/mol. The molecule has 3 rings (SSSR count). The van der Waals surface area contributed by atoms with Crippen molar-refractivity contribution < 1.29 is 19.5 Å². The van der Waals surface area contributed by atoms with Gasteiger partial charge in [-0.05, 0) is 27.4 Å². The maximum atomic E-state index is 12.2. The third kappa shape index (κ3) is 4.09. The molecule has 10 nitrogen and oxygen atoms in total. The van der Waals surface area contributed by atoms with Crippen LogP contribution < -0.4 is 5.32 Å². The van der Waals surface area contributed by atoms with Crippen molar-refractivity contribution in [3.8, 4) is 0 Å². The van der Waals surface area contributed by atoms with Gasteiger partial charge in [-0.1, -0.05) is 10.4 Å². The summed E-state index contributed by atoms with van der Waals surface area (Å²) in [6.45, 7) is 2.77. The van der Waals surface area contributed by atoms with Crippen LogP contribution in [0.5, 0.6) is 0 Å². The van der Waals surface area contributed by atoms with Gasteiger partial charge in [0.15, 0.2) is 5.69 Å². The Morgan fingerprint density at radius 2 is 2.19 bits per heavy atom. The molecule has 1 aliphatic rings. The average Bonchev–Trinajstić information content (AvgIpc) is 3.25. The third-order valence-electron chi connectivity index (χ3n) is 4.46. The van der Waals surface area contributed by atoms with E-state index in [1.165, 1.54) is 6.07 Å². The number of carbonyl (C=O) groups is 1. The Hall–Kier alpha value is -2.30. The lowest BCUT2D eigenvalue weighted by Gasteiger charge is -2.17. The van der Waals surface area contributed by atoms with Gasteiger partial charge < -0.3 is 25.0 Å². The van der Waals surface area contributed by atoms with Crippen molar-refractivity contribution in [3.63, 3.8) is 0 Å². The minimum Gasteiger partial charge on any atom is -0.390 e. The molecule has 4 atom stereocenters. The van der Waals surface area contributed by atoms with E-state index < -0.39 is 24.2 Å². The Balaban J connectivity index is 1.60. The molecule has 1 fully saturated rings. The Morgan fingerprint density at radius 1 is 1.42 bits per heavy atom. The molecule has 0 radical (unpaired) electrons. The molecule has 2 aromatic heterocycles. The first kappa shape index (κ1) is 18.5. The number of nitrogens with one attached hydrogen (secondary N) is 1. The lowest BCUT2D eigenvalue weighted by atomic mass is 10.1. The zero-order chi connectivity index (χ0) is 18.8. The average molecular weight is 364 g/mol. The molecule has 1 saturated carbocycles. The van der Waals surface area contributed by atoms with Crippen molar-refractivity contribution in [2.45, 2.75) is 44.7 Å². The highest BCUT2D eigenvalue weighted by Gasteiger charge is 2.42. The minimum atomic E-state index is -1.05. The van der Waals surface area contributed by atoms with Crippen LogP contribution in [0, 0.1) is 12.8 Å². The number of aliphatic hydroxyl groups excluding tert-OH is 2. The summed E-state index contributed by atoms with van der Waals surface area (Å²) in [5.74, 6) is -0.157. The van der Waals surface area contributed by atoms with Crippen LogP contribution in [0.4, 0.5) is 0 Å². The van der Waals surface area contributed by atoms with Crippen LogP contribution in [0.15, 0.2) is 16.8 Å². The van der Waals surface area contributed by atoms with E-state index in [1.807, 2.05) is 25.2 Å². The van der Waals surface area contributed by atoms with Gasteiger partial charge in [0.25, 0.3) is 5.91 Å². The summed E-state index contributed by atoms with van der Waals surface area (Å²) in [4.78, 5) is 14.2. The summed E-state index contributed by atoms with van der Waals surface area (Å²) in [7, 11) is 3.89. The second kappa shape index (κ2) is 7.52. The molecule has 142 valence electrons. The Morgan fingerprint density at radius 3 is 2.85 bits per heavy atom. The SMILES string of the molecule is Cc1cc(C(=O)NC2CC(Cn3cc(CN(C)C)nn3)C(O)C2O)no1. The number of aryl methyl sites for hydroxylation is 1. The normalized spacial score (nSPS) is 25.8. The Bertz CT molecular complexity index is 758. The first-order valence-electron chi connectivity index (χ1n) is 8.47. The molecule has 2 aromatic rings. The number of hydrogen-bond donors (Lipinski definition) is 3. The van der Waals surface area contributed by atoms with Gasteiger partial charge in [0.05, 0.1) is 17.8 Å². The first-order chi connectivity index (χ1) is 12.3. The summed E-state index contributed by atoms with van der Waals surface area (Å²) in [5, 5.41) is 35.1. The lowest BCUT2D eigenvalue weighted by molar-refractivity contribution is 0.00757. The standard InChI is InChI=1S/C16H24N6O4/c1-9-4-13(19-26-9)16(25)17-12-5-10(14(23)15(12)24)6-22-8-11(18-20-22)7-21(2)3/h4,8,10,12,14-15,23-24H,5-7H2,1-3H3,(H,17,25). The molecule has 0 aromatic carbocycles. The van der Waals surface area contributed by atoms with E-state index in [4.69, 9.17) is 4.52 Å². The molecule has 0 saturated heterocycles. The van der Waals surface area contributed by atoms with Gasteiger partial charge in [0.1, 0.15) is 11.9 Å². The largest absolute Gasteiger partial charge is 0.390 e. The van der Waals surface area contributed by atoms with Crippen LogP contribution in [0.25, 0.3) is 0 Å². The smallest absolute Gasteiger partial charge is 0.273 e. The second-order valence-corrected chi connectivity index (χ2v) is 7.05. The van der Waals surface area contributed by atoms with Crippen LogP contribution in [-0.4, -0.2) is 73.5 Å². The molecule has 10 heteroatoms. The number of aromatic nitrogens is 4. The molecule has 26 heavy (non-hydrogen) atoms. The fraction of sp³-hybridized carbons (Fsp3) is 0.625. The number of aliphatic hydroxyl groups is 2. The summed E-state index contributed by atoms with van der Waals surface area (Å²) in [6, 6.07) is 0.955. The maximum absolute atomic E-state index is 12.2. The predicted molar refractivity (Wildman–Crippen MR) is 90.0 cm³/mol. The van der Waals surface area contributed by atoms with Crippen molar-refractivity contribution >= 4 is 5.91 Å². The van der Waals surface area contributed by atoms with Crippen molar-refractivity contribution in [3.05, 3.63) is 29.4 Å². The van der Waals surface area contributed by atoms with Gasteiger partial charge >= 0.3 is 0 Å². The Labute approximate surface area is 150 Å². The molecular weight excluding hydrogens is 340 g/mol. The van der Waals surface area contributed by atoms with Crippen molar-refractivity contribution in [1.29, 1.82) is 0 Å². The predicted octanol–water partition coefficient (Wildman–Crippen LogP) is -0.824. The highest BCUT2D eigenvalue weighted by molar-refractivity contribution is 5.92. The molecular formula is C16H24N6O4. The van der Waals surface area contributed by atoms with E-state index in [9.17, 15) is 15.0 Å². The highest BCUT2D eigenvalue weighted by atomic mass is 16.5. The van der Waals surface area contributed by atoms with Crippen LogP contribution in [-0.2, 0) is 13.1 Å². The lowest BCUT2D eigenvalue weighted by Crippen LogP contribution is -2.43. The van der Waals surface area contributed by atoms with Gasteiger partial charge in [-0.25, -0.2) is 0 Å². The van der Waals surface area contributed by atoms with Gasteiger partial charge in [-0.3, -0.25) is 9.48 Å². The summed E-state index contributed by atoms with van der Waals surface area (Å²) in [5.41, 5.74) is 0.978.